The van der Waals surface area contributed by atoms with E-state index in [0.29, 0.717) is 12.5 Å². The van der Waals surface area contributed by atoms with Crippen LogP contribution in [-0.4, -0.2) is 11.9 Å². The molecule has 156 valence electrons. The lowest BCUT2D eigenvalue weighted by molar-refractivity contribution is -0.129. The number of esters is 1. The van der Waals surface area contributed by atoms with E-state index in [1.165, 1.54) is 0 Å². The van der Waals surface area contributed by atoms with Crippen molar-refractivity contribution in [2.75, 3.05) is 0 Å². The van der Waals surface area contributed by atoms with E-state index in [2.05, 4.69) is 66.1 Å². The van der Waals surface area contributed by atoms with Gasteiger partial charge in [0.1, 0.15) is 12.4 Å². The highest BCUT2D eigenvalue weighted by Crippen LogP contribution is 2.31. The fourth-order valence-electron chi connectivity index (χ4n) is 2.97. The molecule has 31 heavy (non-hydrogen) atoms. The van der Waals surface area contributed by atoms with Gasteiger partial charge in [0.05, 0.1) is 7.14 Å². The number of cyclic esters (lactones) is 1. The monoisotopic (exact) mass is 699 g/mol. The number of carbonyl (C=O) groups is 1. The summed E-state index contributed by atoms with van der Waals surface area (Å²) >= 11 is 7.98. The standard InChI is InChI=1S/C24H16BrI2NO3/c1-14-5-7-17(8-6-14)23-28-21(24(29)31-23)12-16-10-19(26)22(20(27)11-16)30-13-15-3-2-4-18(25)9-15/h2-12H,13H2,1H3/b21-12-. The molecular weight excluding hydrogens is 684 g/mol. The minimum absolute atomic E-state index is 0.282. The van der Waals surface area contributed by atoms with Gasteiger partial charge in [0.2, 0.25) is 5.90 Å². The van der Waals surface area contributed by atoms with Gasteiger partial charge < -0.3 is 9.47 Å². The Balaban J connectivity index is 1.55. The van der Waals surface area contributed by atoms with Crippen molar-refractivity contribution >= 4 is 79.1 Å². The number of ether oxygens (including phenoxy) is 2. The van der Waals surface area contributed by atoms with Gasteiger partial charge in [-0.2, -0.15) is 0 Å². The number of halogens is 3. The van der Waals surface area contributed by atoms with Crippen molar-refractivity contribution in [2.45, 2.75) is 13.5 Å². The molecule has 0 atom stereocenters. The van der Waals surface area contributed by atoms with Gasteiger partial charge in [-0.25, -0.2) is 9.79 Å². The van der Waals surface area contributed by atoms with Gasteiger partial charge in [-0.1, -0.05) is 45.8 Å². The Hall–Kier alpha value is -1.72. The van der Waals surface area contributed by atoms with Gasteiger partial charge in [0, 0.05) is 10.0 Å². The molecule has 7 heteroatoms. The summed E-state index contributed by atoms with van der Waals surface area (Å²) in [4.78, 5) is 16.7. The van der Waals surface area contributed by atoms with E-state index in [1.807, 2.05) is 67.6 Å². The zero-order chi connectivity index (χ0) is 22.0. The van der Waals surface area contributed by atoms with Crippen LogP contribution in [0.5, 0.6) is 5.75 Å². The third-order valence-electron chi connectivity index (χ3n) is 4.52. The van der Waals surface area contributed by atoms with E-state index in [9.17, 15) is 4.79 Å². The molecule has 3 aromatic rings. The van der Waals surface area contributed by atoms with Crippen LogP contribution < -0.4 is 4.74 Å². The zero-order valence-corrected chi connectivity index (χ0v) is 22.3. The van der Waals surface area contributed by atoms with Crippen LogP contribution >= 0.6 is 61.1 Å². The Labute approximate surface area is 216 Å². The van der Waals surface area contributed by atoms with E-state index >= 15 is 0 Å². The van der Waals surface area contributed by atoms with E-state index < -0.39 is 5.97 Å². The number of hydrogen-bond donors (Lipinski definition) is 0. The zero-order valence-electron chi connectivity index (χ0n) is 16.4. The fourth-order valence-corrected chi connectivity index (χ4v) is 5.54. The second kappa shape index (κ2) is 9.83. The molecule has 1 heterocycles. The SMILES string of the molecule is Cc1ccc(C2=N/C(=C\c3cc(I)c(OCc4cccc(Br)c4)c(I)c3)C(=O)O2)cc1. The fraction of sp³-hybridized carbons (Fsp3) is 0.0833. The second-order valence-electron chi connectivity index (χ2n) is 6.93. The molecule has 0 unspecified atom stereocenters. The highest BCUT2D eigenvalue weighted by Gasteiger charge is 2.24. The van der Waals surface area contributed by atoms with Crippen LogP contribution in [0.15, 0.2) is 75.8 Å². The number of benzene rings is 3. The number of rotatable bonds is 5. The first-order valence-corrected chi connectivity index (χ1v) is 12.3. The lowest BCUT2D eigenvalue weighted by Gasteiger charge is -2.12. The molecule has 3 aromatic carbocycles. The smallest absolute Gasteiger partial charge is 0.363 e. The van der Waals surface area contributed by atoms with Crippen LogP contribution in [0.3, 0.4) is 0 Å². The molecule has 0 saturated carbocycles. The maximum atomic E-state index is 12.3. The number of aryl methyl sites for hydroxylation is 1. The maximum absolute atomic E-state index is 12.3. The number of nitrogens with zero attached hydrogens (tertiary/aromatic N) is 1. The second-order valence-corrected chi connectivity index (χ2v) is 10.2. The summed E-state index contributed by atoms with van der Waals surface area (Å²) in [5.74, 6) is 0.700. The van der Waals surface area contributed by atoms with E-state index in [4.69, 9.17) is 9.47 Å². The molecule has 0 amide bonds. The molecule has 0 N–H and O–H groups in total. The van der Waals surface area contributed by atoms with Gasteiger partial charge in [-0.15, -0.1) is 0 Å². The molecule has 4 nitrogen and oxygen atoms in total. The number of aliphatic imine (C=N–C) groups is 1. The molecule has 0 spiro atoms. The summed E-state index contributed by atoms with van der Waals surface area (Å²) in [6, 6.07) is 19.7. The lowest BCUT2D eigenvalue weighted by Crippen LogP contribution is -2.05. The highest BCUT2D eigenvalue weighted by molar-refractivity contribution is 14.1. The Morgan fingerprint density at radius 2 is 1.77 bits per heavy atom. The van der Waals surface area contributed by atoms with Crippen molar-refractivity contribution in [1.82, 2.24) is 0 Å². The molecule has 0 fully saturated rings. The summed E-state index contributed by atoms with van der Waals surface area (Å²) in [5, 5.41) is 0. The van der Waals surface area contributed by atoms with Crippen molar-refractivity contribution in [3.63, 3.8) is 0 Å². The average molecular weight is 700 g/mol. The largest absolute Gasteiger partial charge is 0.487 e. The third-order valence-corrected chi connectivity index (χ3v) is 6.61. The summed E-state index contributed by atoms with van der Waals surface area (Å²) in [5.41, 5.74) is 4.15. The van der Waals surface area contributed by atoms with Crippen molar-refractivity contribution in [3.05, 3.63) is 100 Å². The summed E-state index contributed by atoms with van der Waals surface area (Å²) in [6.07, 6.45) is 1.74. The minimum atomic E-state index is -0.449. The first kappa shape index (κ1) is 22.5. The summed E-state index contributed by atoms with van der Waals surface area (Å²) in [7, 11) is 0. The molecule has 1 aliphatic rings. The Kier molecular flexibility index (Phi) is 7.12. The molecule has 0 saturated heterocycles. The van der Waals surface area contributed by atoms with Crippen LogP contribution in [0, 0.1) is 14.1 Å². The Morgan fingerprint density at radius 3 is 2.45 bits per heavy atom. The van der Waals surface area contributed by atoms with Crippen molar-refractivity contribution in [1.29, 1.82) is 0 Å². The molecule has 1 aliphatic heterocycles. The topological polar surface area (TPSA) is 47.9 Å². The van der Waals surface area contributed by atoms with Gasteiger partial charge >= 0.3 is 5.97 Å². The third kappa shape index (κ3) is 5.56. The van der Waals surface area contributed by atoms with Crippen LogP contribution in [0.2, 0.25) is 0 Å². The van der Waals surface area contributed by atoms with Gasteiger partial charge in [0.15, 0.2) is 5.70 Å². The summed E-state index contributed by atoms with van der Waals surface area (Å²) < 4.78 is 14.4. The lowest BCUT2D eigenvalue weighted by atomic mass is 10.1. The van der Waals surface area contributed by atoms with Gasteiger partial charge in [-0.05, 0) is 106 Å². The van der Waals surface area contributed by atoms with E-state index in [0.717, 1.165) is 39.6 Å². The molecule has 0 bridgehead atoms. The van der Waals surface area contributed by atoms with Crippen LogP contribution in [0.4, 0.5) is 0 Å². The molecule has 0 aromatic heterocycles. The van der Waals surface area contributed by atoms with Crippen LogP contribution in [0.25, 0.3) is 6.08 Å². The Morgan fingerprint density at radius 1 is 1.06 bits per heavy atom. The first-order chi connectivity index (χ1) is 14.9. The normalized spacial score (nSPS) is 14.5. The van der Waals surface area contributed by atoms with E-state index in [1.54, 1.807) is 6.08 Å². The number of hydrogen-bond acceptors (Lipinski definition) is 4. The minimum Gasteiger partial charge on any atom is -0.487 e. The van der Waals surface area contributed by atoms with Gasteiger partial charge in [-0.3, -0.25) is 0 Å². The Bertz CT molecular complexity index is 1200. The van der Waals surface area contributed by atoms with E-state index in [-0.39, 0.29) is 5.70 Å². The molecule has 0 aliphatic carbocycles. The quantitative estimate of drug-likeness (QED) is 0.166. The number of carbonyl (C=O) groups excluding carboxylic acids is 1. The molecule has 4 rings (SSSR count). The highest BCUT2D eigenvalue weighted by atomic mass is 127. The predicted molar refractivity (Wildman–Crippen MR) is 142 cm³/mol. The molecular formula is C24H16BrI2NO3. The van der Waals surface area contributed by atoms with Crippen molar-refractivity contribution in [2.24, 2.45) is 4.99 Å². The van der Waals surface area contributed by atoms with Gasteiger partial charge in [0.25, 0.3) is 0 Å². The average Bonchev–Trinajstić information content (AvgIpc) is 3.08. The molecule has 0 radical (unpaired) electrons. The maximum Gasteiger partial charge on any atom is 0.363 e. The summed E-state index contributed by atoms with van der Waals surface area (Å²) in [6.45, 7) is 2.48. The van der Waals surface area contributed by atoms with Crippen molar-refractivity contribution in [3.8, 4) is 5.75 Å². The first-order valence-electron chi connectivity index (χ1n) is 9.35. The predicted octanol–water partition coefficient (Wildman–Crippen LogP) is 6.89. The van der Waals surface area contributed by atoms with Crippen LogP contribution in [0.1, 0.15) is 22.3 Å². The van der Waals surface area contributed by atoms with Crippen LogP contribution in [-0.2, 0) is 16.1 Å². The van der Waals surface area contributed by atoms with Crippen molar-refractivity contribution < 1.29 is 14.3 Å².